The van der Waals surface area contributed by atoms with Crippen molar-refractivity contribution in [2.24, 2.45) is 0 Å². The summed E-state index contributed by atoms with van der Waals surface area (Å²) >= 11 is 0. The third-order valence-electron chi connectivity index (χ3n) is 1.40. The molecule has 0 heterocycles. The Morgan fingerprint density at radius 2 is 1.08 bits per heavy atom. The van der Waals surface area contributed by atoms with Gasteiger partial charge in [0, 0.05) is 0 Å². The molecule has 0 aromatic heterocycles. The number of alkyl halides is 9. The van der Waals surface area contributed by atoms with Crippen LogP contribution in [-0.4, -0.2) is 46.8 Å². The van der Waals surface area contributed by atoms with Crippen LogP contribution in [-0.2, 0) is 28.1 Å². The van der Waals surface area contributed by atoms with E-state index in [2.05, 4.69) is 13.2 Å². The van der Waals surface area contributed by atoms with Crippen molar-refractivity contribution in [1.82, 2.24) is 4.49 Å². The molecule has 18 heteroatoms. The van der Waals surface area contributed by atoms with Crippen molar-refractivity contribution in [1.29, 1.82) is 0 Å². The van der Waals surface area contributed by atoms with Gasteiger partial charge in [-0.3, -0.25) is 9.05 Å². The average Bonchev–Trinajstić information content (AvgIpc) is 2.29. The summed E-state index contributed by atoms with van der Waals surface area (Å²) in [6.07, 6.45) is -15.8. The van der Waals surface area contributed by atoms with Gasteiger partial charge in [0.25, 0.3) is 0 Å². The molecule has 0 aliphatic carbocycles. The fourth-order valence-electron chi connectivity index (χ4n) is 0.714. The molecule has 0 aliphatic heterocycles. The summed E-state index contributed by atoms with van der Waals surface area (Å²) in [7, 11) is -11.6. The fraction of sp³-hybridized carbons (Fsp3) is 1.00. The standard InChI is InChI=1S/C6H7F9NO6PS/c7-4(8,9)1-20-23(17,21-2-5(10,11)12)16-24(18,19)22-3-6(13,14)15/h1-3H2,(H,16,17). The third kappa shape index (κ3) is 12.8. The lowest BCUT2D eigenvalue weighted by atomic mass is 10.7. The first-order valence-corrected chi connectivity index (χ1v) is 8.05. The highest BCUT2D eigenvalue weighted by atomic mass is 32.2. The van der Waals surface area contributed by atoms with Gasteiger partial charge in [-0.2, -0.15) is 47.9 Å². The van der Waals surface area contributed by atoms with Crippen LogP contribution in [0.5, 0.6) is 0 Å². The van der Waals surface area contributed by atoms with Crippen molar-refractivity contribution in [2.45, 2.75) is 18.5 Å². The van der Waals surface area contributed by atoms with E-state index in [0.29, 0.717) is 4.49 Å². The Balaban J connectivity index is 5.14. The summed E-state index contributed by atoms with van der Waals surface area (Å²) in [6, 6.07) is 0. The number of hydrogen-bond acceptors (Lipinski definition) is 6. The van der Waals surface area contributed by atoms with E-state index in [-0.39, 0.29) is 0 Å². The van der Waals surface area contributed by atoms with Crippen molar-refractivity contribution >= 4 is 18.1 Å². The van der Waals surface area contributed by atoms with E-state index in [1.165, 1.54) is 0 Å². The first-order chi connectivity index (χ1) is 10.3. The normalized spacial score (nSPS) is 14.9. The summed E-state index contributed by atoms with van der Waals surface area (Å²) in [6.45, 7) is -7.55. The first-order valence-electron chi connectivity index (χ1n) is 5.10. The maximum Gasteiger partial charge on any atom is 0.421 e. The summed E-state index contributed by atoms with van der Waals surface area (Å²) in [5, 5.41) is 0. The maximum absolute atomic E-state index is 11.9. The Kier molecular flexibility index (Phi) is 7.54. The Labute approximate surface area is 127 Å². The zero-order chi connectivity index (χ0) is 19.4. The summed E-state index contributed by atoms with van der Waals surface area (Å²) < 4.78 is 151. The summed E-state index contributed by atoms with van der Waals surface area (Å²) in [4.78, 5) is 0. The molecule has 0 fully saturated rings. The van der Waals surface area contributed by atoms with Crippen molar-refractivity contribution < 1.29 is 65.7 Å². The van der Waals surface area contributed by atoms with Gasteiger partial charge in [0.15, 0.2) is 19.8 Å². The van der Waals surface area contributed by atoms with Gasteiger partial charge in [0.05, 0.1) is 0 Å². The van der Waals surface area contributed by atoms with Crippen LogP contribution in [0.3, 0.4) is 0 Å². The molecule has 0 saturated heterocycles. The Morgan fingerprint density at radius 1 is 0.750 bits per heavy atom. The van der Waals surface area contributed by atoms with E-state index in [9.17, 15) is 52.5 Å². The SMILES string of the molecule is O=P(NS(=O)(=O)OCC(F)(F)F)(OCC(F)(F)F)OCC(F)(F)F. The number of hydrogen-bond donors (Lipinski definition) is 1. The van der Waals surface area contributed by atoms with E-state index in [1.54, 1.807) is 0 Å². The molecule has 24 heavy (non-hydrogen) atoms. The molecule has 7 nitrogen and oxygen atoms in total. The zero-order valence-electron chi connectivity index (χ0n) is 10.8. The fourth-order valence-corrected chi connectivity index (χ4v) is 3.44. The van der Waals surface area contributed by atoms with Gasteiger partial charge in [0.1, 0.15) is 0 Å². The number of halogens is 9. The lowest BCUT2D eigenvalue weighted by molar-refractivity contribution is -0.165. The third-order valence-corrected chi connectivity index (χ3v) is 4.55. The van der Waals surface area contributed by atoms with Crippen LogP contribution in [0.2, 0.25) is 0 Å². The van der Waals surface area contributed by atoms with Crippen LogP contribution in [0.4, 0.5) is 39.5 Å². The van der Waals surface area contributed by atoms with Gasteiger partial charge in [-0.15, -0.1) is 0 Å². The quantitative estimate of drug-likeness (QED) is 0.477. The van der Waals surface area contributed by atoms with Crippen LogP contribution in [0.15, 0.2) is 0 Å². The molecule has 0 aromatic rings. The Hall–Kier alpha value is -0.610. The molecule has 0 unspecified atom stereocenters. The summed E-state index contributed by atoms with van der Waals surface area (Å²) in [5.74, 6) is 0. The monoisotopic (exact) mass is 423 g/mol. The minimum atomic E-state index is -5.89. The van der Waals surface area contributed by atoms with Crippen LogP contribution in [0.25, 0.3) is 0 Å². The largest absolute Gasteiger partial charge is 0.421 e. The minimum absolute atomic E-state index is 0.449. The maximum atomic E-state index is 11.9. The highest BCUT2D eigenvalue weighted by Crippen LogP contribution is 2.47. The smallest absolute Gasteiger partial charge is 0.287 e. The van der Waals surface area contributed by atoms with Gasteiger partial charge >= 0.3 is 36.6 Å². The van der Waals surface area contributed by atoms with Crippen LogP contribution in [0, 0.1) is 0 Å². The molecule has 0 atom stereocenters. The van der Waals surface area contributed by atoms with Crippen molar-refractivity contribution in [2.75, 3.05) is 19.8 Å². The topological polar surface area (TPSA) is 90.9 Å². The molecule has 0 bridgehead atoms. The predicted octanol–water partition coefficient (Wildman–Crippen LogP) is 2.67. The Morgan fingerprint density at radius 3 is 1.38 bits per heavy atom. The number of nitrogens with one attached hydrogen (secondary N) is 1. The van der Waals surface area contributed by atoms with Crippen LogP contribution >= 0.6 is 7.75 Å². The molecule has 0 aromatic carbocycles. The van der Waals surface area contributed by atoms with Gasteiger partial charge in [0.2, 0.25) is 0 Å². The molecule has 0 radical (unpaired) electrons. The average molecular weight is 423 g/mol. The van der Waals surface area contributed by atoms with Gasteiger partial charge in [-0.05, 0) is 0 Å². The number of rotatable bonds is 8. The molecule has 146 valence electrons. The summed E-state index contributed by atoms with van der Waals surface area (Å²) in [5.41, 5.74) is 0. The second-order valence-electron chi connectivity index (χ2n) is 3.70. The molecule has 0 spiro atoms. The van der Waals surface area contributed by atoms with Gasteiger partial charge in [-0.25, -0.2) is 8.75 Å². The van der Waals surface area contributed by atoms with Gasteiger partial charge < -0.3 is 0 Å². The van der Waals surface area contributed by atoms with Crippen molar-refractivity contribution in [3.63, 3.8) is 0 Å². The van der Waals surface area contributed by atoms with E-state index >= 15 is 0 Å². The highest BCUT2D eigenvalue weighted by molar-refractivity contribution is 7.90. The zero-order valence-corrected chi connectivity index (χ0v) is 12.5. The highest BCUT2D eigenvalue weighted by Gasteiger charge is 2.42. The van der Waals surface area contributed by atoms with Crippen molar-refractivity contribution in [3.05, 3.63) is 0 Å². The minimum Gasteiger partial charge on any atom is -0.287 e. The predicted molar refractivity (Wildman–Crippen MR) is 55.7 cm³/mol. The molecule has 0 amide bonds. The van der Waals surface area contributed by atoms with Gasteiger partial charge in [-0.1, -0.05) is 4.49 Å². The molecule has 0 aliphatic rings. The Bertz CT molecular complexity index is 532. The van der Waals surface area contributed by atoms with E-state index < -0.39 is 56.4 Å². The molecular weight excluding hydrogens is 416 g/mol. The van der Waals surface area contributed by atoms with E-state index in [4.69, 9.17) is 0 Å². The van der Waals surface area contributed by atoms with Crippen molar-refractivity contribution in [3.8, 4) is 0 Å². The molecular formula is C6H7F9NO6PS. The first kappa shape index (κ1) is 23.4. The second-order valence-corrected chi connectivity index (χ2v) is 7.08. The molecule has 0 saturated carbocycles. The van der Waals surface area contributed by atoms with E-state index in [1.807, 2.05) is 0 Å². The van der Waals surface area contributed by atoms with Crippen LogP contribution < -0.4 is 4.49 Å². The second kappa shape index (κ2) is 7.74. The molecule has 0 rings (SSSR count). The lowest BCUT2D eigenvalue weighted by Crippen LogP contribution is -2.31. The van der Waals surface area contributed by atoms with E-state index in [0.717, 1.165) is 0 Å². The lowest BCUT2D eigenvalue weighted by Gasteiger charge is -2.20. The molecule has 1 N–H and O–H groups in total. The van der Waals surface area contributed by atoms with Crippen LogP contribution in [0.1, 0.15) is 0 Å².